The first kappa shape index (κ1) is 14.6. The molecule has 19 heavy (non-hydrogen) atoms. The smallest absolute Gasteiger partial charge is 0.373 e. The Labute approximate surface area is 108 Å². The summed E-state index contributed by atoms with van der Waals surface area (Å²) in [4.78, 5) is 33.8. The molecule has 0 spiro atoms. The van der Waals surface area contributed by atoms with Gasteiger partial charge in [0.25, 0.3) is 0 Å². The molecule has 1 N–H and O–H groups in total. The standard InChI is InChI=1S/C13H11FO5/c1-19-13(18)12(17)7-8(15)6-11(16)9-4-2-3-5-10(9)14/h2-5,7,17H,6H2,1H3. The summed E-state index contributed by atoms with van der Waals surface area (Å²) in [5, 5.41) is 9.11. The number of Topliss-reactive ketones (excluding diaryl/α,β-unsaturated/α-hetero) is 1. The normalized spacial score (nSPS) is 10.9. The van der Waals surface area contributed by atoms with Crippen molar-refractivity contribution in [3.05, 3.63) is 47.5 Å². The van der Waals surface area contributed by atoms with Crippen molar-refractivity contribution in [2.45, 2.75) is 6.42 Å². The monoisotopic (exact) mass is 266 g/mol. The lowest BCUT2D eigenvalue weighted by atomic mass is 10.1. The van der Waals surface area contributed by atoms with Crippen LogP contribution >= 0.6 is 0 Å². The predicted octanol–water partition coefficient (Wildman–Crippen LogP) is 1.58. The van der Waals surface area contributed by atoms with Crippen molar-refractivity contribution < 1.29 is 28.6 Å². The average molecular weight is 266 g/mol. The molecule has 100 valence electrons. The number of allylic oxidation sites excluding steroid dienone is 1. The molecule has 0 saturated heterocycles. The van der Waals surface area contributed by atoms with Crippen molar-refractivity contribution in [3.63, 3.8) is 0 Å². The minimum atomic E-state index is -1.09. The van der Waals surface area contributed by atoms with Crippen LogP contribution in [0.4, 0.5) is 4.39 Å². The van der Waals surface area contributed by atoms with Crippen molar-refractivity contribution in [1.29, 1.82) is 0 Å². The third kappa shape index (κ3) is 4.02. The predicted molar refractivity (Wildman–Crippen MR) is 63.1 cm³/mol. The third-order valence-corrected chi connectivity index (χ3v) is 2.20. The van der Waals surface area contributed by atoms with Crippen LogP contribution in [0.2, 0.25) is 0 Å². The Kier molecular flexibility index (Phi) is 4.93. The molecule has 0 aliphatic rings. The van der Waals surface area contributed by atoms with E-state index in [4.69, 9.17) is 5.11 Å². The minimum absolute atomic E-state index is 0.221. The van der Waals surface area contributed by atoms with E-state index in [1.54, 1.807) is 0 Å². The van der Waals surface area contributed by atoms with Crippen molar-refractivity contribution in [2.75, 3.05) is 7.11 Å². The Bertz CT molecular complexity index is 548. The summed E-state index contributed by atoms with van der Waals surface area (Å²) in [5.74, 6) is -4.30. The van der Waals surface area contributed by atoms with Crippen LogP contribution in [0.3, 0.4) is 0 Å². The SMILES string of the molecule is COC(=O)C(O)=CC(=O)CC(=O)c1ccccc1F. The van der Waals surface area contributed by atoms with E-state index in [0.29, 0.717) is 6.08 Å². The number of ether oxygens (including phenoxy) is 1. The van der Waals surface area contributed by atoms with Crippen LogP contribution in [-0.4, -0.2) is 29.8 Å². The van der Waals surface area contributed by atoms with Crippen molar-refractivity contribution in [2.24, 2.45) is 0 Å². The van der Waals surface area contributed by atoms with E-state index in [9.17, 15) is 18.8 Å². The zero-order valence-corrected chi connectivity index (χ0v) is 10.1. The number of esters is 1. The molecule has 1 rings (SSSR count). The van der Waals surface area contributed by atoms with Gasteiger partial charge in [0.05, 0.1) is 19.1 Å². The second-order valence-electron chi connectivity index (χ2n) is 3.57. The van der Waals surface area contributed by atoms with Gasteiger partial charge in [-0.1, -0.05) is 12.1 Å². The first-order chi connectivity index (χ1) is 8.95. The van der Waals surface area contributed by atoms with Crippen LogP contribution < -0.4 is 0 Å². The molecule has 0 atom stereocenters. The van der Waals surface area contributed by atoms with Gasteiger partial charge in [-0.15, -0.1) is 0 Å². The number of hydrogen-bond acceptors (Lipinski definition) is 5. The molecule has 0 radical (unpaired) electrons. The zero-order chi connectivity index (χ0) is 14.4. The summed E-state index contributed by atoms with van der Waals surface area (Å²) >= 11 is 0. The van der Waals surface area contributed by atoms with Gasteiger partial charge in [0.2, 0.25) is 5.76 Å². The number of hydrogen-bond donors (Lipinski definition) is 1. The molecule has 0 saturated carbocycles. The molecular formula is C13H11FO5. The third-order valence-electron chi connectivity index (χ3n) is 2.20. The van der Waals surface area contributed by atoms with Gasteiger partial charge in [-0.05, 0) is 12.1 Å². The highest BCUT2D eigenvalue weighted by Crippen LogP contribution is 2.10. The molecule has 0 aliphatic carbocycles. The molecule has 0 aliphatic heterocycles. The van der Waals surface area contributed by atoms with Crippen LogP contribution in [0.25, 0.3) is 0 Å². The highest BCUT2D eigenvalue weighted by molar-refractivity contribution is 6.12. The summed E-state index contributed by atoms with van der Waals surface area (Å²) in [6.07, 6.45) is -0.0768. The van der Waals surface area contributed by atoms with E-state index in [0.717, 1.165) is 13.2 Å². The lowest BCUT2D eigenvalue weighted by Gasteiger charge is -2.00. The second kappa shape index (κ2) is 6.44. The Hall–Kier alpha value is -2.50. The van der Waals surface area contributed by atoms with Crippen LogP contribution in [0.1, 0.15) is 16.8 Å². The van der Waals surface area contributed by atoms with Crippen molar-refractivity contribution in [1.82, 2.24) is 0 Å². The molecular weight excluding hydrogens is 255 g/mol. The molecule has 1 aromatic rings. The summed E-state index contributed by atoms with van der Waals surface area (Å²) in [6.45, 7) is 0. The van der Waals surface area contributed by atoms with E-state index < -0.39 is 35.5 Å². The van der Waals surface area contributed by atoms with Crippen LogP contribution in [0.5, 0.6) is 0 Å². The lowest BCUT2D eigenvalue weighted by Crippen LogP contribution is -2.11. The van der Waals surface area contributed by atoms with Gasteiger partial charge in [0.1, 0.15) is 5.82 Å². The topological polar surface area (TPSA) is 80.7 Å². The molecule has 6 heteroatoms. The maximum absolute atomic E-state index is 13.3. The molecule has 0 amide bonds. The number of carbonyl (C=O) groups excluding carboxylic acids is 3. The number of methoxy groups -OCH3 is 1. The fourth-order valence-electron chi connectivity index (χ4n) is 1.31. The maximum Gasteiger partial charge on any atom is 0.373 e. The maximum atomic E-state index is 13.3. The minimum Gasteiger partial charge on any atom is -0.502 e. The van der Waals surface area contributed by atoms with Gasteiger partial charge >= 0.3 is 5.97 Å². The quantitative estimate of drug-likeness (QED) is 0.288. The number of benzene rings is 1. The number of rotatable bonds is 5. The molecule has 5 nitrogen and oxygen atoms in total. The van der Waals surface area contributed by atoms with Gasteiger partial charge in [0, 0.05) is 6.08 Å². The number of aliphatic hydroxyl groups is 1. The second-order valence-corrected chi connectivity index (χ2v) is 3.57. The van der Waals surface area contributed by atoms with Gasteiger partial charge in [-0.3, -0.25) is 9.59 Å². The van der Waals surface area contributed by atoms with Gasteiger partial charge < -0.3 is 9.84 Å². The summed E-state index contributed by atoms with van der Waals surface area (Å²) in [6, 6.07) is 5.22. The van der Waals surface area contributed by atoms with E-state index in [1.807, 2.05) is 0 Å². The van der Waals surface area contributed by atoms with Gasteiger partial charge in [0.15, 0.2) is 11.6 Å². The molecule has 0 unspecified atom stereocenters. The highest BCUT2D eigenvalue weighted by Gasteiger charge is 2.16. The van der Waals surface area contributed by atoms with E-state index >= 15 is 0 Å². The van der Waals surface area contributed by atoms with Gasteiger partial charge in [-0.2, -0.15) is 0 Å². The fourth-order valence-corrected chi connectivity index (χ4v) is 1.31. The number of halogens is 1. The zero-order valence-electron chi connectivity index (χ0n) is 10.1. The van der Waals surface area contributed by atoms with Crippen LogP contribution in [0, 0.1) is 5.82 Å². The average Bonchev–Trinajstić information content (AvgIpc) is 2.37. The molecule has 0 heterocycles. The van der Waals surface area contributed by atoms with Crippen molar-refractivity contribution >= 4 is 17.5 Å². The Balaban J connectivity index is 2.76. The van der Waals surface area contributed by atoms with Crippen molar-refractivity contribution in [3.8, 4) is 0 Å². The van der Waals surface area contributed by atoms with E-state index in [2.05, 4.69) is 4.74 Å². The Morgan fingerprint density at radius 2 is 1.95 bits per heavy atom. The van der Waals surface area contributed by atoms with Crippen LogP contribution in [-0.2, 0) is 14.3 Å². The summed E-state index contributed by atoms with van der Waals surface area (Å²) in [5.41, 5.74) is -0.221. The van der Waals surface area contributed by atoms with E-state index in [-0.39, 0.29) is 5.56 Å². The molecule has 0 aromatic heterocycles. The largest absolute Gasteiger partial charge is 0.502 e. The molecule has 0 fully saturated rings. The summed E-state index contributed by atoms with van der Waals surface area (Å²) < 4.78 is 17.4. The Morgan fingerprint density at radius 1 is 1.32 bits per heavy atom. The molecule has 1 aromatic carbocycles. The fraction of sp³-hybridized carbons (Fsp3) is 0.154. The molecule has 0 bridgehead atoms. The number of aliphatic hydroxyl groups excluding tert-OH is 1. The van der Waals surface area contributed by atoms with Crippen LogP contribution in [0.15, 0.2) is 36.1 Å². The Morgan fingerprint density at radius 3 is 2.53 bits per heavy atom. The first-order valence-electron chi connectivity index (χ1n) is 5.25. The lowest BCUT2D eigenvalue weighted by molar-refractivity contribution is -0.139. The highest BCUT2D eigenvalue weighted by atomic mass is 19.1. The number of ketones is 2. The van der Waals surface area contributed by atoms with Gasteiger partial charge in [-0.25, -0.2) is 9.18 Å². The first-order valence-corrected chi connectivity index (χ1v) is 5.25. The number of carbonyl (C=O) groups is 3. The summed E-state index contributed by atoms with van der Waals surface area (Å²) in [7, 11) is 1.03. The van der Waals surface area contributed by atoms with E-state index in [1.165, 1.54) is 18.2 Å².